The maximum atomic E-state index is 2.41. The summed E-state index contributed by atoms with van der Waals surface area (Å²) in [6.45, 7) is 7.10. The molecule has 1 heterocycles. The lowest BCUT2D eigenvalue weighted by atomic mass is 9.82. The van der Waals surface area contributed by atoms with Crippen LogP contribution in [0.5, 0.6) is 0 Å². The molecule has 4 rings (SSSR count). The van der Waals surface area contributed by atoms with Crippen LogP contribution in [0.3, 0.4) is 0 Å². The maximum absolute atomic E-state index is 2.41. The standard InChI is InChI=1S/C18H17P/c1-18(2)14-9-8-12-6-4-5-7-13(12)16(14)17-15(18)10-11-19(17)3/h4-11H,1-3H3. The van der Waals surface area contributed by atoms with Gasteiger partial charge in [0.05, 0.1) is 0 Å². The van der Waals surface area contributed by atoms with Crippen LogP contribution in [0.15, 0.2) is 48.0 Å². The number of benzene rings is 2. The van der Waals surface area contributed by atoms with Gasteiger partial charge in [-0.1, -0.05) is 56.3 Å². The van der Waals surface area contributed by atoms with Crippen molar-refractivity contribution in [2.75, 3.05) is 6.66 Å². The Balaban J connectivity index is 2.24. The van der Waals surface area contributed by atoms with E-state index in [2.05, 4.69) is 68.8 Å². The van der Waals surface area contributed by atoms with E-state index in [1.807, 2.05) is 0 Å². The lowest BCUT2D eigenvalue weighted by Crippen LogP contribution is -2.16. The third-order valence-electron chi connectivity index (χ3n) is 4.59. The highest BCUT2D eigenvalue weighted by atomic mass is 31.1. The highest BCUT2D eigenvalue weighted by Crippen LogP contribution is 2.49. The molecule has 0 nitrogen and oxygen atoms in total. The smallest absolute Gasteiger partial charge is 0.0162 e. The summed E-state index contributed by atoms with van der Waals surface area (Å²) in [5.41, 5.74) is 4.75. The van der Waals surface area contributed by atoms with E-state index in [0.29, 0.717) is 0 Å². The van der Waals surface area contributed by atoms with E-state index in [1.54, 1.807) is 10.9 Å². The van der Waals surface area contributed by atoms with Gasteiger partial charge >= 0.3 is 0 Å². The van der Waals surface area contributed by atoms with E-state index >= 15 is 0 Å². The molecule has 0 fully saturated rings. The average molecular weight is 264 g/mol. The van der Waals surface area contributed by atoms with Crippen LogP contribution in [0, 0.1) is 0 Å². The Morgan fingerprint density at radius 1 is 1.00 bits per heavy atom. The first-order valence-electron chi connectivity index (χ1n) is 6.79. The van der Waals surface area contributed by atoms with Crippen molar-refractivity contribution in [1.82, 2.24) is 0 Å². The summed E-state index contributed by atoms with van der Waals surface area (Å²) < 4.78 is 0. The van der Waals surface area contributed by atoms with E-state index in [-0.39, 0.29) is 12.6 Å². The Bertz CT molecular complexity index is 841. The minimum absolute atomic E-state index is 0.125. The third kappa shape index (κ3) is 1.30. The Labute approximate surface area is 114 Å². The van der Waals surface area contributed by atoms with Crippen molar-refractivity contribution in [2.45, 2.75) is 19.3 Å². The Morgan fingerprint density at radius 3 is 2.63 bits per heavy atom. The van der Waals surface area contributed by atoms with E-state index < -0.39 is 0 Å². The zero-order chi connectivity index (χ0) is 13.2. The topological polar surface area (TPSA) is 0 Å². The molecule has 0 aromatic heterocycles. The van der Waals surface area contributed by atoms with Crippen molar-refractivity contribution < 1.29 is 0 Å². The van der Waals surface area contributed by atoms with Gasteiger partial charge in [0.15, 0.2) is 0 Å². The molecule has 19 heavy (non-hydrogen) atoms. The summed E-state index contributed by atoms with van der Waals surface area (Å²) in [6, 6.07) is 13.4. The fourth-order valence-corrected chi connectivity index (χ4v) is 5.39. The highest BCUT2D eigenvalue weighted by molar-refractivity contribution is 7.60. The van der Waals surface area contributed by atoms with Gasteiger partial charge in [0.1, 0.15) is 0 Å². The summed E-state index contributed by atoms with van der Waals surface area (Å²) in [4.78, 5) is 0. The first kappa shape index (κ1) is 11.3. The molecule has 1 unspecified atom stereocenters. The predicted molar refractivity (Wildman–Crippen MR) is 88.1 cm³/mol. The van der Waals surface area contributed by atoms with Gasteiger partial charge in [-0.05, 0) is 39.9 Å². The summed E-state index contributed by atoms with van der Waals surface area (Å²) in [5, 5.41) is 4.41. The van der Waals surface area contributed by atoms with Crippen molar-refractivity contribution in [3.8, 4) is 0 Å². The summed E-state index contributed by atoms with van der Waals surface area (Å²) in [7, 11) is -0.125. The van der Waals surface area contributed by atoms with Crippen LogP contribution >= 0.6 is 7.17 Å². The van der Waals surface area contributed by atoms with Gasteiger partial charge < -0.3 is 0 Å². The summed E-state index contributed by atoms with van der Waals surface area (Å²) >= 11 is 0. The van der Waals surface area contributed by atoms with E-state index in [0.717, 1.165) is 0 Å². The Morgan fingerprint density at radius 2 is 1.79 bits per heavy atom. The second-order valence-corrected chi connectivity index (χ2v) is 7.99. The molecule has 0 saturated carbocycles. The summed E-state index contributed by atoms with van der Waals surface area (Å²) in [6.07, 6.45) is 2.37. The predicted octanol–water partition coefficient (Wildman–Crippen LogP) is 4.51. The SMILES string of the molecule is CP1=CC=C2C=1c1c(ccc3ccccc13)C2(C)C. The fraction of sp³-hybridized carbons (Fsp3) is 0.222. The highest BCUT2D eigenvalue weighted by Gasteiger charge is 2.40. The van der Waals surface area contributed by atoms with Crippen LogP contribution < -0.4 is 0 Å². The van der Waals surface area contributed by atoms with E-state index in [9.17, 15) is 0 Å². The zero-order valence-corrected chi connectivity index (χ0v) is 12.5. The molecule has 0 bridgehead atoms. The molecule has 1 atom stereocenters. The number of rotatable bonds is 0. The molecule has 2 aromatic carbocycles. The fourth-order valence-electron chi connectivity index (χ4n) is 3.54. The third-order valence-corrected chi connectivity index (χ3v) is 6.35. The molecular weight excluding hydrogens is 247 g/mol. The number of hydrogen-bond donors (Lipinski definition) is 0. The van der Waals surface area contributed by atoms with Crippen molar-refractivity contribution in [2.24, 2.45) is 0 Å². The Hall–Kier alpha value is -1.52. The van der Waals surface area contributed by atoms with Gasteiger partial charge in [0, 0.05) is 10.7 Å². The van der Waals surface area contributed by atoms with Crippen molar-refractivity contribution >= 4 is 29.0 Å². The van der Waals surface area contributed by atoms with E-state index in [4.69, 9.17) is 0 Å². The largest absolute Gasteiger partial charge is 0.120 e. The number of allylic oxidation sites excluding steroid dienone is 2. The molecule has 2 aromatic rings. The molecule has 2 aliphatic rings. The van der Waals surface area contributed by atoms with Gasteiger partial charge in [-0.15, -0.1) is 7.17 Å². The quantitative estimate of drug-likeness (QED) is 0.614. The second-order valence-electron chi connectivity index (χ2n) is 6.02. The first-order chi connectivity index (χ1) is 9.10. The van der Waals surface area contributed by atoms with Crippen LogP contribution in [0.2, 0.25) is 0 Å². The molecule has 1 aliphatic heterocycles. The molecule has 1 aliphatic carbocycles. The van der Waals surface area contributed by atoms with Crippen LogP contribution in [-0.2, 0) is 5.41 Å². The molecular formula is C18H17P. The molecule has 0 radical (unpaired) electrons. The summed E-state index contributed by atoms with van der Waals surface area (Å²) in [5.74, 6) is 2.41. The van der Waals surface area contributed by atoms with Crippen molar-refractivity contribution in [3.05, 3.63) is 59.2 Å². The minimum Gasteiger partial charge on any atom is -0.120 e. The van der Waals surface area contributed by atoms with Crippen LogP contribution in [0.25, 0.3) is 10.8 Å². The van der Waals surface area contributed by atoms with Crippen molar-refractivity contribution in [3.63, 3.8) is 0 Å². The van der Waals surface area contributed by atoms with Gasteiger partial charge in [-0.25, -0.2) is 0 Å². The lowest BCUT2D eigenvalue weighted by Gasteiger charge is -2.21. The molecule has 0 saturated heterocycles. The molecule has 0 N–H and O–H groups in total. The average Bonchev–Trinajstić information content (AvgIpc) is 2.89. The molecule has 0 amide bonds. The zero-order valence-electron chi connectivity index (χ0n) is 11.6. The lowest BCUT2D eigenvalue weighted by molar-refractivity contribution is 0.665. The van der Waals surface area contributed by atoms with Crippen LogP contribution in [-0.4, -0.2) is 17.8 Å². The van der Waals surface area contributed by atoms with Gasteiger partial charge in [0.2, 0.25) is 0 Å². The number of fused-ring (bicyclic) bond motifs is 5. The first-order valence-corrected chi connectivity index (χ1v) is 8.65. The second kappa shape index (κ2) is 3.52. The molecule has 0 spiro atoms. The van der Waals surface area contributed by atoms with Crippen LogP contribution in [0.1, 0.15) is 25.0 Å². The number of hydrogen-bond acceptors (Lipinski definition) is 0. The molecule has 94 valence electrons. The Kier molecular flexibility index (Phi) is 2.10. The monoisotopic (exact) mass is 264 g/mol. The van der Waals surface area contributed by atoms with Gasteiger partial charge in [0.25, 0.3) is 0 Å². The van der Waals surface area contributed by atoms with Gasteiger partial charge in [-0.2, -0.15) is 0 Å². The normalized spacial score (nSPS) is 21.1. The van der Waals surface area contributed by atoms with Crippen molar-refractivity contribution in [1.29, 1.82) is 0 Å². The maximum Gasteiger partial charge on any atom is 0.0162 e. The van der Waals surface area contributed by atoms with Gasteiger partial charge in [-0.3, -0.25) is 0 Å². The van der Waals surface area contributed by atoms with Crippen LogP contribution in [0.4, 0.5) is 0 Å². The minimum atomic E-state index is -0.125. The van der Waals surface area contributed by atoms with E-state index in [1.165, 1.54) is 21.9 Å². The molecule has 1 heteroatoms.